The minimum atomic E-state index is 0.715. The Hall–Kier alpha value is -0.900. The molecule has 0 atom stereocenters. The summed E-state index contributed by atoms with van der Waals surface area (Å²) in [5, 5.41) is 4.80. The molecule has 0 aliphatic carbocycles. The Bertz CT molecular complexity index is 615. The lowest BCUT2D eigenvalue weighted by Crippen LogP contribution is -2.09. The minimum absolute atomic E-state index is 0.715. The molecular weight excluding hydrogens is 359 g/mol. The zero-order valence-electron chi connectivity index (χ0n) is 11.3. The van der Waals surface area contributed by atoms with Crippen LogP contribution in [0.15, 0.2) is 40.9 Å². The van der Waals surface area contributed by atoms with Crippen molar-refractivity contribution < 1.29 is 0 Å². The summed E-state index contributed by atoms with van der Waals surface area (Å²) in [6, 6.07) is 11.8. The van der Waals surface area contributed by atoms with E-state index in [2.05, 4.69) is 21.2 Å². The minimum Gasteiger partial charge on any atom is -0.381 e. The highest BCUT2D eigenvalue weighted by atomic mass is 79.9. The predicted molar refractivity (Wildman–Crippen MR) is 92.3 cm³/mol. The fourth-order valence-corrected chi connectivity index (χ4v) is 2.73. The van der Waals surface area contributed by atoms with Gasteiger partial charge in [0.1, 0.15) is 0 Å². The highest BCUT2D eigenvalue weighted by Gasteiger charge is 2.04. The van der Waals surface area contributed by atoms with Gasteiger partial charge in [0, 0.05) is 30.8 Å². The molecule has 0 spiro atoms. The molecule has 2 aromatic rings. The van der Waals surface area contributed by atoms with Crippen molar-refractivity contribution in [1.29, 1.82) is 0 Å². The fraction of sp³-hybridized carbons (Fsp3) is 0.200. The molecule has 0 aromatic heterocycles. The molecule has 1 N–H and O–H groups in total. The van der Waals surface area contributed by atoms with Crippen molar-refractivity contribution in [2.75, 3.05) is 24.3 Å². The summed E-state index contributed by atoms with van der Waals surface area (Å²) < 4.78 is 0.902. The van der Waals surface area contributed by atoms with Crippen molar-refractivity contribution in [2.24, 2.45) is 0 Å². The van der Waals surface area contributed by atoms with Crippen LogP contribution in [0.1, 0.15) is 5.56 Å². The summed E-state index contributed by atoms with van der Waals surface area (Å²) in [5.74, 6) is 0. The molecule has 0 bridgehead atoms. The van der Waals surface area contributed by atoms with E-state index in [9.17, 15) is 0 Å². The van der Waals surface area contributed by atoms with Crippen LogP contribution in [0.4, 0.5) is 11.4 Å². The Balaban J connectivity index is 2.07. The Labute approximate surface area is 137 Å². The van der Waals surface area contributed by atoms with E-state index in [-0.39, 0.29) is 0 Å². The maximum Gasteiger partial charge on any atom is 0.0659 e. The Morgan fingerprint density at radius 2 is 1.80 bits per heavy atom. The van der Waals surface area contributed by atoms with Gasteiger partial charge in [-0.2, -0.15) is 0 Å². The molecule has 2 aromatic carbocycles. The molecule has 0 saturated carbocycles. The first-order chi connectivity index (χ1) is 9.47. The number of anilines is 2. The number of nitrogens with one attached hydrogen (secondary N) is 1. The number of nitrogens with zero attached hydrogens (tertiary/aromatic N) is 1. The summed E-state index contributed by atoms with van der Waals surface area (Å²) in [7, 11) is 3.94. The monoisotopic (exact) mass is 372 g/mol. The first-order valence-electron chi connectivity index (χ1n) is 6.12. The van der Waals surface area contributed by atoms with Gasteiger partial charge in [-0.05, 0) is 51.8 Å². The van der Waals surface area contributed by atoms with E-state index < -0.39 is 0 Å². The fourth-order valence-electron chi connectivity index (χ4n) is 1.83. The number of rotatable bonds is 4. The zero-order chi connectivity index (χ0) is 14.7. The van der Waals surface area contributed by atoms with Crippen LogP contribution in [0.5, 0.6) is 0 Å². The van der Waals surface area contributed by atoms with Crippen LogP contribution in [0.2, 0.25) is 10.0 Å². The van der Waals surface area contributed by atoms with Gasteiger partial charge in [0.05, 0.1) is 15.7 Å². The molecule has 0 unspecified atom stereocenters. The normalized spacial score (nSPS) is 10.4. The smallest absolute Gasteiger partial charge is 0.0659 e. The third-order valence-corrected chi connectivity index (χ3v) is 4.43. The Morgan fingerprint density at radius 1 is 1.05 bits per heavy atom. The summed E-state index contributed by atoms with van der Waals surface area (Å²) >= 11 is 15.6. The van der Waals surface area contributed by atoms with Crippen LogP contribution < -0.4 is 10.2 Å². The zero-order valence-corrected chi connectivity index (χ0v) is 14.4. The molecule has 0 radical (unpaired) electrons. The van der Waals surface area contributed by atoms with Gasteiger partial charge in [0.15, 0.2) is 0 Å². The number of hydrogen-bond donors (Lipinski definition) is 1. The van der Waals surface area contributed by atoms with Gasteiger partial charge < -0.3 is 10.2 Å². The van der Waals surface area contributed by atoms with E-state index in [1.54, 1.807) is 0 Å². The van der Waals surface area contributed by atoms with Crippen LogP contribution in [-0.4, -0.2) is 14.1 Å². The quantitative estimate of drug-likeness (QED) is 0.768. The summed E-state index contributed by atoms with van der Waals surface area (Å²) in [4.78, 5) is 1.99. The lowest BCUT2D eigenvalue weighted by molar-refractivity contribution is 1.12. The molecule has 0 amide bonds. The van der Waals surface area contributed by atoms with Crippen molar-refractivity contribution in [3.05, 3.63) is 56.5 Å². The van der Waals surface area contributed by atoms with Gasteiger partial charge in [-0.25, -0.2) is 0 Å². The van der Waals surface area contributed by atoms with Crippen molar-refractivity contribution >= 4 is 50.5 Å². The van der Waals surface area contributed by atoms with Gasteiger partial charge in [-0.3, -0.25) is 0 Å². The van der Waals surface area contributed by atoms with E-state index >= 15 is 0 Å². The summed E-state index contributed by atoms with van der Waals surface area (Å²) in [6.07, 6.45) is 0. The molecule has 106 valence electrons. The van der Waals surface area contributed by atoms with Crippen molar-refractivity contribution in [3.63, 3.8) is 0 Å². The van der Waals surface area contributed by atoms with Gasteiger partial charge in [-0.1, -0.05) is 29.3 Å². The van der Waals surface area contributed by atoms with E-state index in [1.165, 1.54) is 0 Å². The molecule has 0 aliphatic heterocycles. The van der Waals surface area contributed by atoms with Crippen LogP contribution in [0.3, 0.4) is 0 Å². The van der Waals surface area contributed by atoms with Gasteiger partial charge in [0.25, 0.3) is 0 Å². The number of hydrogen-bond acceptors (Lipinski definition) is 2. The van der Waals surface area contributed by atoms with Gasteiger partial charge >= 0.3 is 0 Å². The maximum atomic E-state index is 6.25. The van der Waals surface area contributed by atoms with E-state index in [4.69, 9.17) is 23.2 Å². The molecule has 0 heterocycles. The van der Waals surface area contributed by atoms with Crippen LogP contribution >= 0.6 is 39.1 Å². The second kappa shape index (κ2) is 6.70. The first kappa shape index (κ1) is 15.5. The molecule has 0 saturated heterocycles. The van der Waals surface area contributed by atoms with E-state index in [1.807, 2.05) is 55.4 Å². The number of benzene rings is 2. The highest BCUT2D eigenvalue weighted by Crippen LogP contribution is 2.28. The second-order valence-electron chi connectivity index (χ2n) is 4.66. The lowest BCUT2D eigenvalue weighted by atomic mass is 10.2. The predicted octanol–water partition coefficient (Wildman–Crippen LogP) is 5.43. The van der Waals surface area contributed by atoms with Crippen molar-refractivity contribution in [3.8, 4) is 0 Å². The Kier molecular flexibility index (Phi) is 5.19. The van der Waals surface area contributed by atoms with Gasteiger partial charge in [-0.15, -0.1) is 0 Å². The molecule has 5 heteroatoms. The van der Waals surface area contributed by atoms with Crippen molar-refractivity contribution in [1.82, 2.24) is 0 Å². The average Bonchev–Trinajstić information content (AvgIpc) is 2.40. The first-order valence-corrected chi connectivity index (χ1v) is 7.67. The van der Waals surface area contributed by atoms with Crippen LogP contribution in [-0.2, 0) is 6.54 Å². The van der Waals surface area contributed by atoms with Gasteiger partial charge in [0.2, 0.25) is 0 Å². The largest absolute Gasteiger partial charge is 0.381 e. The molecule has 2 nitrogen and oxygen atoms in total. The Morgan fingerprint density at radius 3 is 2.40 bits per heavy atom. The lowest BCUT2D eigenvalue weighted by Gasteiger charge is -2.15. The molecular formula is C15H15BrCl2N2. The average molecular weight is 374 g/mol. The van der Waals surface area contributed by atoms with Crippen LogP contribution in [0.25, 0.3) is 0 Å². The van der Waals surface area contributed by atoms with E-state index in [0.29, 0.717) is 11.6 Å². The van der Waals surface area contributed by atoms with Crippen molar-refractivity contribution in [2.45, 2.75) is 6.54 Å². The van der Waals surface area contributed by atoms with E-state index in [0.717, 1.165) is 26.4 Å². The molecule has 20 heavy (non-hydrogen) atoms. The highest BCUT2D eigenvalue weighted by molar-refractivity contribution is 9.10. The van der Waals surface area contributed by atoms with Crippen LogP contribution in [0, 0.1) is 0 Å². The molecule has 0 aliphatic rings. The topological polar surface area (TPSA) is 15.3 Å². The third-order valence-electron chi connectivity index (χ3n) is 2.91. The summed E-state index contributed by atoms with van der Waals surface area (Å²) in [5.41, 5.74) is 3.15. The molecule has 0 fully saturated rings. The second-order valence-corrected chi connectivity index (χ2v) is 6.33. The SMILES string of the molecule is CN(C)c1ccc(NCc2ccc(Cl)c(Br)c2)cc1Cl. The third kappa shape index (κ3) is 3.81. The maximum absolute atomic E-state index is 6.25. The number of halogens is 3. The summed E-state index contributed by atoms with van der Waals surface area (Å²) in [6.45, 7) is 0.716. The molecule has 2 rings (SSSR count). The standard InChI is InChI=1S/C15H15BrCl2N2/c1-20(2)15-6-4-11(8-14(15)18)19-9-10-3-5-13(17)12(16)7-10/h3-8,19H,9H2,1-2H3.